The van der Waals surface area contributed by atoms with Crippen LogP contribution in [0.2, 0.25) is 10.0 Å². The molecule has 1 fully saturated rings. The number of rotatable bonds is 3. The number of halogens is 2. The van der Waals surface area contributed by atoms with Gasteiger partial charge in [0.25, 0.3) is 0 Å². The van der Waals surface area contributed by atoms with Crippen LogP contribution in [0.4, 0.5) is 0 Å². The molecule has 6 rings (SSSR count). The van der Waals surface area contributed by atoms with E-state index >= 15 is 0 Å². The van der Waals surface area contributed by atoms with E-state index in [2.05, 4.69) is 41.4 Å². The number of ether oxygens (including phenoxy) is 2. The van der Waals surface area contributed by atoms with Crippen molar-refractivity contribution in [3.05, 3.63) is 93.5 Å². The first kappa shape index (κ1) is 21.8. The lowest BCUT2D eigenvalue weighted by Gasteiger charge is -2.50. The molecule has 0 aromatic heterocycles. The molecule has 3 aliphatic rings. The predicted octanol–water partition coefficient (Wildman–Crippen LogP) is 7.60. The standard InChI is InChI=1S/C28H26Cl2N2O2/c1-33-26-9-5-8-21-25-17-24(20-10-11-22(29)23(30)16-20)31-32(25)28(34-27(21)26)14-12-19(13-15-28)18-6-3-2-4-7-18/h2-11,16,19,25H,12-15,17H2,1H3. The molecule has 0 amide bonds. The van der Waals surface area contributed by atoms with Crippen LogP contribution in [0.25, 0.3) is 0 Å². The largest absolute Gasteiger partial charge is 0.493 e. The van der Waals surface area contributed by atoms with Crippen molar-refractivity contribution in [2.75, 3.05) is 7.11 Å². The minimum absolute atomic E-state index is 0.0941. The summed E-state index contributed by atoms with van der Waals surface area (Å²) in [5.74, 6) is 2.17. The van der Waals surface area contributed by atoms with E-state index in [1.165, 1.54) is 5.56 Å². The average molecular weight is 493 g/mol. The number of benzene rings is 3. The van der Waals surface area contributed by atoms with Gasteiger partial charge in [0.15, 0.2) is 17.2 Å². The lowest BCUT2D eigenvalue weighted by Crippen LogP contribution is -2.55. The Morgan fingerprint density at radius 1 is 0.971 bits per heavy atom. The summed E-state index contributed by atoms with van der Waals surface area (Å²) in [6, 6.07) is 22.8. The van der Waals surface area contributed by atoms with Gasteiger partial charge < -0.3 is 9.47 Å². The zero-order valence-electron chi connectivity index (χ0n) is 19.0. The number of fused-ring (bicyclic) bond motifs is 4. The lowest BCUT2D eigenvalue weighted by atomic mass is 9.78. The van der Waals surface area contributed by atoms with Crippen LogP contribution in [0.3, 0.4) is 0 Å². The Bertz CT molecular complexity index is 1250. The summed E-state index contributed by atoms with van der Waals surface area (Å²) in [5, 5.41) is 8.49. The van der Waals surface area contributed by atoms with E-state index in [0.29, 0.717) is 16.0 Å². The molecule has 0 N–H and O–H groups in total. The van der Waals surface area contributed by atoms with E-state index in [1.54, 1.807) is 7.11 Å². The summed E-state index contributed by atoms with van der Waals surface area (Å²) in [5.41, 5.74) is 4.04. The normalized spacial score (nSPS) is 25.4. The fourth-order valence-corrected chi connectivity index (χ4v) is 6.04. The van der Waals surface area contributed by atoms with Crippen LogP contribution in [0.5, 0.6) is 11.5 Å². The monoisotopic (exact) mass is 492 g/mol. The van der Waals surface area contributed by atoms with Gasteiger partial charge in [0.2, 0.25) is 0 Å². The Hall–Kier alpha value is -2.69. The molecule has 2 heterocycles. The first-order chi connectivity index (χ1) is 16.6. The fraction of sp³-hybridized carbons (Fsp3) is 0.321. The van der Waals surface area contributed by atoms with E-state index < -0.39 is 5.72 Å². The molecule has 1 aliphatic carbocycles. The number of hydrogen-bond donors (Lipinski definition) is 0. The lowest BCUT2D eigenvalue weighted by molar-refractivity contribution is -0.143. The van der Waals surface area contributed by atoms with Gasteiger partial charge in [-0.2, -0.15) is 5.10 Å². The molecule has 1 spiro atoms. The number of nitrogens with zero attached hydrogens (tertiary/aromatic N) is 2. The van der Waals surface area contributed by atoms with Gasteiger partial charge in [-0.05, 0) is 48.1 Å². The van der Waals surface area contributed by atoms with Crippen LogP contribution in [-0.4, -0.2) is 23.6 Å². The van der Waals surface area contributed by atoms with E-state index in [1.807, 2.05) is 30.3 Å². The van der Waals surface area contributed by atoms with Gasteiger partial charge in [0, 0.05) is 24.8 Å². The zero-order chi connectivity index (χ0) is 23.3. The van der Waals surface area contributed by atoms with Gasteiger partial charge in [-0.25, -0.2) is 5.01 Å². The number of methoxy groups -OCH3 is 1. The van der Waals surface area contributed by atoms with Gasteiger partial charge in [-0.15, -0.1) is 0 Å². The maximum absolute atomic E-state index is 6.85. The van der Waals surface area contributed by atoms with Crippen LogP contribution < -0.4 is 9.47 Å². The minimum atomic E-state index is -0.491. The fourth-order valence-electron chi connectivity index (χ4n) is 5.74. The van der Waals surface area contributed by atoms with Crippen molar-refractivity contribution in [1.82, 2.24) is 5.01 Å². The average Bonchev–Trinajstić information content (AvgIpc) is 3.34. The van der Waals surface area contributed by atoms with Gasteiger partial charge in [0.1, 0.15) is 0 Å². The van der Waals surface area contributed by atoms with E-state index in [4.69, 9.17) is 37.8 Å². The molecule has 3 aromatic rings. The van der Waals surface area contributed by atoms with Crippen molar-refractivity contribution < 1.29 is 9.47 Å². The van der Waals surface area contributed by atoms with E-state index in [0.717, 1.165) is 60.4 Å². The number of para-hydroxylation sites is 1. The highest BCUT2D eigenvalue weighted by Crippen LogP contribution is 2.55. The van der Waals surface area contributed by atoms with Gasteiger partial charge in [-0.3, -0.25) is 0 Å². The maximum atomic E-state index is 6.85. The quantitative estimate of drug-likeness (QED) is 0.377. The van der Waals surface area contributed by atoms with E-state index in [-0.39, 0.29) is 6.04 Å². The van der Waals surface area contributed by atoms with Crippen LogP contribution in [-0.2, 0) is 0 Å². The van der Waals surface area contributed by atoms with Crippen LogP contribution in [0.15, 0.2) is 71.8 Å². The van der Waals surface area contributed by atoms with Crippen molar-refractivity contribution in [2.24, 2.45) is 5.10 Å². The molecule has 2 aliphatic heterocycles. The Morgan fingerprint density at radius 2 is 1.76 bits per heavy atom. The first-order valence-electron chi connectivity index (χ1n) is 11.8. The van der Waals surface area contributed by atoms with Gasteiger partial charge in [-0.1, -0.05) is 71.7 Å². The Labute approximate surface area is 210 Å². The highest BCUT2D eigenvalue weighted by atomic mass is 35.5. The third kappa shape index (κ3) is 3.55. The highest BCUT2D eigenvalue weighted by molar-refractivity contribution is 6.42. The van der Waals surface area contributed by atoms with Gasteiger partial charge >= 0.3 is 0 Å². The van der Waals surface area contributed by atoms with Crippen LogP contribution >= 0.6 is 23.2 Å². The Balaban J connectivity index is 1.39. The molecule has 34 heavy (non-hydrogen) atoms. The van der Waals surface area contributed by atoms with Crippen molar-refractivity contribution in [3.8, 4) is 11.5 Å². The molecule has 4 nitrogen and oxygen atoms in total. The second kappa shape index (κ2) is 8.51. The SMILES string of the molecule is COc1cccc2c1OC1(CCC(c3ccccc3)CC1)N1N=C(c3ccc(Cl)c(Cl)c3)CC21. The zero-order valence-corrected chi connectivity index (χ0v) is 20.5. The third-order valence-corrected chi connectivity index (χ3v) is 8.24. The summed E-state index contributed by atoms with van der Waals surface area (Å²) < 4.78 is 12.6. The Kier molecular flexibility index (Phi) is 5.46. The van der Waals surface area contributed by atoms with Gasteiger partial charge in [0.05, 0.1) is 28.9 Å². The molecule has 6 heteroatoms. The number of hydrazone groups is 1. The van der Waals surface area contributed by atoms with Crippen molar-refractivity contribution in [1.29, 1.82) is 0 Å². The smallest absolute Gasteiger partial charge is 0.198 e. The van der Waals surface area contributed by atoms with Crippen LogP contribution in [0, 0.1) is 0 Å². The van der Waals surface area contributed by atoms with E-state index in [9.17, 15) is 0 Å². The van der Waals surface area contributed by atoms with Crippen molar-refractivity contribution in [3.63, 3.8) is 0 Å². The summed E-state index contributed by atoms with van der Waals surface area (Å²) in [6.07, 6.45) is 4.69. The molecular formula is C28H26Cl2N2O2. The van der Waals surface area contributed by atoms with Crippen molar-refractivity contribution >= 4 is 28.9 Å². The summed E-state index contributed by atoms with van der Waals surface area (Å²) >= 11 is 12.5. The molecular weight excluding hydrogens is 467 g/mol. The third-order valence-electron chi connectivity index (χ3n) is 7.50. The minimum Gasteiger partial charge on any atom is -0.493 e. The first-order valence-corrected chi connectivity index (χ1v) is 12.6. The second-order valence-electron chi connectivity index (χ2n) is 9.35. The molecule has 1 saturated carbocycles. The molecule has 0 saturated heterocycles. The maximum Gasteiger partial charge on any atom is 0.198 e. The topological polar surface area (TPSA) is 34.1 Å². The second-order valence-corrected chi connectivity index (χ2v) is 10.2. The molecule has 0 radical (unpaired) electrons. The summed E-state index contributed by atoms with van der Waals surface area (Å²) in [6.45, 7) is 0. The number of hydrogen-bond acceptors (Lipinski definition) is 4. The molecule has 174 valence electrons. The molecule has 3 aromatic carbocycles. The molecule has 0 bridgehead atoms. The highest BCUT2D eigenvalue weighted by Gasteiger charge is 2.52. The predicted molar refractivity (Wildman–Crippen MR) is 136 cm³/mol. The summed E-state index contributed by atoms with van der Waals surface area (Å²) in [7, 11) is 1.70. The van der Waals surface area contributed by atoms with Crippen molar-refractivity contribution in [2.45, 2.75) is 49.8 Å². The molecule has 1 unspecified atom stereocenters. The molecule has 1 atom stereocenters. The summed E-state index contributed by atoms with van der Waals surface area (Å²) in [4.78, 5) is 0. The Morgan fingerprint density at radius 3 is 2.50 bits per heavy atom. The van der Waals surface area contributed by atoms with Crippen LogP contribution in [0.1, 0.15) is 60.8 Å².